The number of nitro groups is 1. The van der Waals surface area contributed by atoms with Crippen molar-refractivity contribution in [1.82, 2.24) is 9.97 Å². The summed E-state index contributed by atoms with van der Waals surface area (Å²) in [5.41, 5.74) is 3.79. The molecular weight excluding hydrogens is 392 g/mol. The largest absolute Gasteiger partial charge is 0.433 e. The number of benzene rings is 1. The van der Waals surface area contributed by atoms with Crippen LogP contribution in [-0.4, -0.2) is 20.8 Å². The van der Waals surface area contributed by atoms with Gasteiger partial charge in [-0.1, -0.05) is 23.5 Å². The standard InChI is InChI=1S/C20H16N4O4S/c1-12-5-7-16-18(13(12)2)22-20(29-16)23(11-14-4-3-9-21-10-14)19(25)15-6-8-17(28-15)24(26)27/h3-10H,11H2,1-2H3. The van der Waals surface area contributed by atoms with Crippen LogP contribution in [0.2, 0.25) is 0 Å². The van der Waals surface area contributed by atoms with Gasteiger partial charge in [-0.15, -0.1) is 0 Å². The molecule has 0 fully saturated rings. The van der Waals surface area contributed by atoms with Gasteiger partial charge in [0.2, 0.25) is 0 Å². The van der Waals surface area contributed by atoms with E-state index in [0.29, 0.717) is 5.13 Å². The number of fused-ring (bicyclic) bond motifs is 1. The minimum absolute atomic E-state index is 0.118. The minimum atomic E-state index is -0.675. The molecule has 4 rings (SSSR count). The van der Waals surface area contributed by atoms with Crippen LogP contribution in [0, 0.1) is 24.0 Å². The van der Waals surface area contributed by atoms with Crippen LogP contribution in [0.25, 0.3) is 10.2 Å². The molecule has 29 heavy (non-hydrogen) atoms. The fourth-order valence-corrected chi connectivity index (χ4v) is 3.93. The zero-order valence-corrected chi connectivity index (χ0v) is 16.5. The van der Waals surface area contributed by atoms with E-state index in [0.717, 1.165) is 26.9 Å². The zero-order chi connectivity index (χ0) is 20.5. The Morgan fingerprint density at radius 2 is 2.07 bits per heavy atom. The number of amides is 1. The number of rotatable bonds is 5. The van der Waals surface area contributed by atoms with Gasteiger partial charge in [0.1, 0.15) is 4.92 Å². The van der Waals surface area contributed by atoms with Crippen molar-refractivity contribution < 1.29 is 14.1 Å². The summed E-state index contributed by atoms with van der Waals surface area (Å²) in [6.45, 7) is 4.21. The third-order valence-electron chi connectivity index (χ3n) is 4.60. The van der Waals surface area contributed by atoms with E-state index in [4.69, 9.17) is 4.42 Å². The van der Waals surface area contributed by atoms with E-state index in [9.17, 15) is 14.9 Å². The fraction of sp³-hybridized carbons (Fsp3) is 0.150. The van der Waals surface area contributed by atoms with Crippen LogP contribution in [0.5, 0.6) is 0 Å². The Hall–Kier alpha value is -3.59. The SMILES string of the molecule is Cc1ccc2sc(N(Cc3cccnc3)C(=O)c3ccc([N+](=O)[O-])o3)nc2c1C. The summed E-state index contributed by atoms with van der Waals surface area (Å²) < 4.78 is 6.09. The molecule has 9 heteroatoms. The maximum atomic E-state index is 13.2. The monoisotopic (exact) mass is 408 g/mol. The van der Waals surface area contributed by atoms with Crippen LogP contribution in [0.4, 0.5) is 11.0 Å². The lowest BCUT2D eigenvalue weighted by molar-refractivity contribution is -0.402. The van der Waals surface area contributed by atoms with Crippen LogP contribution in [0.15, 0.2) is 53.2 Å². The third kappa shape index (κ3) is 3.59. The summed E-state index contributed by atoms with van der Waals surface area (Å²) in [6.07, 6.45) is 3.31. The molecule has 0 atom stereocenters. The summed E-state index contributed by atoms with van der Waals surface area (Å²) >= 11 is 1.38. The molecule has 0 radical (unpaired) electrons. The van der Waals surface area contributed by atoms with Gasteiger partial charge in [-0.3, -0.25) is 24.8 Å². The maximum absolute atomic E-state index is 13.2. The first-order valence-electron chi connectivity index (χ1n) is 8.76. The van der Waals surface area contributed by atoms with Crippen molar-refractivity contribution in [1.29, 1.82) is 0 Å². The summed E-state index contributed by atoms with van der Waals surface area (Å²) in [5.74, 6) is -1.10. The Kier molecular flexibility index (Phi) is 4.81. The lowest BCUT2D eigenvalue weighted by Gasteiger charge is -2.18. The number of hydrogen-bond donors (Lipinski definition) is 0. The number of nitrogens with zero attached hydrogens (tertiary/aromatic N) is 4. The van der Waals surface area contributed by atoms with E-state index >= 15 is 0 Å². The van der Waals surface area contributed by atoms with Gasteiger partial charge in [0.25, 0.3) is 5.91 Å². The van der Waals surface area contributed by atoms with E-state index < -0.39 is 16.7 Å². The number of carbonyl (C=O) groups is 1. The summed E-state index contributed by atoms with van der Waals surface area (Å²) in [5, 5.41) is 11.4. The average Bonchev–Trinajstić information content (AvgIpc) is 3.37. The van der Waals surface area contributed by atoms with Crippen LogP contribution >= 0.6 is 11.3 Å². The lowest BCUT2D eigenvalue weighted by Crippen LogP contribution is -2.30. The minimum Gasteiger partial charge on any atom is -0.395 e. The molecular formula is C20H16N4O4S. The topological polar surface area (TPSA) is 102 Å². The second-order valence-corrected chi connectivity index (χ2v) is 7.51. The molecule has 1 aromatic carbocycles. The number of anilines is 1. The molecule has 3 heterocycles. The van der Waals surface area contributed by atoms with Crippen LogP contribution in [-0.2, 0) is 6.54 Å². The average molecular weight is 408 g/mol. The number of furan rings is 1. The van der Waals surface area contributed by atoms with Crippen LogP contribution < -0.4 is 4.90 Å². The normalized spacial score (nSPS) is 11.0. The second-order valence-electron chi connectivity index (χ2n) is 6.50. The smallest absolute Gasteiger partial charge is 0.395 e. The number of aryl methyl sites for hydroxylation is 2. The van der Waals surface area contributed by atoms with Crippen molar-refractivity contribution in [3.8, 4) is 0 Å². The van der Waals surface area contributed by atoms with Gasteiger partial charge >= 0.3 is 5.88 Å². The molecule has 0 bridgehead atoms. The zero-order valence-electron chi connectivity index (χ0n) is 15.7. The van der Waals surface area contributed by atoms with Gasteiger partial charge in [0.05, 0.1) is 22.8 Å². The molecule has 3 aromatic heterocycles. The molecule has 1 amide bonds. The van der Waals surface area contributed by atoms with E-state index in [2.05, 4.69) is 9.97 Å². The van der Waals surface area contributed by atoms with Crippen LogP contribution in [0.1, 0.15) is 27.2 Å². The first kappa shape index (κ1) is 18.8. The Bertz CT molecular complexity index is 1220. The number of thiazole rings is 1. The van der Waals surface area contributed by atoms with E-state index in [1.165, 1.54) is 28.4 Å². The van der Waals surface area contributed by atoms with Crippen molar-refractivity contribution in [3.05, 3.63) is 81.4 Å². The lowest BCUT2D eigenvalue weighted by atomic mass is 10.1. The van der Waals surface area contributed by atoms with Crippen molar-refractivity contribution in [3.63, 3.8) is 0 Å². The Morgan fingerprint density at radius 3 is 2.76 bits per heavy atom. The third-order valence-corrected chi connectivity index (χ3v) is 5.64. The van der Waals surface area contributed by atoms with Crippen LogP contribution in [0.3, 0.4) is 0 Å². The molecule has 0 N–H and O–H groups in total. The van der Waals surface area contributed by atoms with Gasteiger partial charge in [-0.25, -0.2) is 4.98 Å². The molecule has 0 spiro atoms. The Morgan fingerprint density at radius 1 is 1.24 bits per heavy atom. The summed E-state index contributed by atoms with van der Waals surface area (Å²) in [7, 11) is 0. The molecule has 0 unspecified atom stereocenters. The Balaban J connectivity index is 1.78. The quantitative estimate of drug-likeness (QED) is 0.352. The van der Waals surface area contributed by atoms with Gasteiger partial charge in [-0.2, -0.15) is 0 Å². The first-order valence-corrected chi connectivity index (χ1v) is 9.57. The fourth-order valence-electron chi connectivity index (χ4n) is 2.90. The Labute approximate surface area is 169 Å². The molecule has 146 valence electrons. The highest BCUT2D eigenvalue weighted by Crippen LogP contribution is 2.33. The predicted molar refractivity (Wildman–Crippen MR) is 109 cm³/mol. The highest BCUT2D eigenvalue weighted by atomic mass is 32.1. The number of hydrogen-bond acceptors (Lipinski definition) is 7. The molecule has 8 nitrogen and oxygen atoms in total. The second kappa shape index (κ2) is 7.44. The summed E-state index contributed by atoms with van der Waals surface area (Å²) in [4.78, 5) is 33.7. The van der Waals surface area contributed by atoms with Gasteiger partial charge in [-0.05, 0) is 48.7 Å². The van der Waals surface area contributed by atoms with Crippen molar-refractivity contribution >= 4 is 38.5 Å². The predicted octanol–water partition coefficient (Wildman–Crippen LogP) is 4.66. The number of carbonyl (C=O) groups excluding carboxylic acids is 1. The van der Waals surface area contributed by atoms with Crippen molar-refractivity contribution in [2.45, 2.75) is 20.4 Å². The van der Waals surface area contributed by atoms with E-state index in [-0.39, 0.29) is 12.3 Å². The highest BCUT2D eigenvalue weighted by molar-refractivity contribution is 7.22. The van der Waals surface area contributed by atoms with Crippen molar-refractivity contribution in [2.75, 3.05) is 4.90 Å². The molecule has 0 aliphatic carbocycles. The number of aromatic nitrogens is 2. The highest BCUT2D eigenvalue weighted by Gasteiger charge is 2.26. The molecule has 0 aliphatic heterocycles. The molecule has 0 saturated heterocycles. The first-order chi connectivity index (χ1) is 13.9. The molecule has 0 saturated carbocycles. The number of pyridine rings is 1. The van der Waals surface area contributed by atoms with Gasteiger partial charge < -0.3 is 4.42 Å². The molecule has 0 aliphatic rings. The van der Waals surface area contributed by atoms with Gasteiger partial charge in [0, 0.05) is 12.4 Å². The molecule has 4 aromatic rings. The van der Waals surface area contributed by atoms with Gasteiger partial charge in [0.15, 0.2) is 10.9 Å². The van der Waals surface area contributed by atoms with E-state index in [1.54, 1.807) is 18.5 Å². The summed E-state index contributed by atoms with van der Waals surface area (Å²) in [6, 6.07) is 10.1. The maximum Gasteiger partial charge on any atom is 0.433 e. The van der Waals surface area contributed by atoms with E-state index in [1.807, 2.05) is 32.0 Å². The van der Waals surface area contributed by atoms with Crippen molar-refractivity contribution in [2.24, 2.45) is 0 Å².